The van der Waals surface area contributed by atoms with Crippen LogP contribution in [-0.4, -0.2) is 28.9 Å². The normalized spacial score (nSPS) is 16.4. The Morgan fingerprint density at radius 2 is 1.66 bits per heavy atom. The van der Waals surface area contributed by atoms with E-state index in [2.05, 4.69) is 10.3 Å². The highest BCUT2D eigenvalue weighted by Gasteiger charge is 2.36. The largest absolute Gasteiger partial charge is 0.457 e. The molecule has 3 atom stereocenters. The van der Waals surface area contributed by atoms with Crippen molar-refractivity contribution in [1.29, 1.82) is 0 Å². The fraction of sp³-hybridized carbons (Fsp3) is 0.179. The number of rotatable bonds is 8. The Morgan fingerprint density at radius 1 is 1.00 bits per heavy atom. The van der Waals surface area contributed by atoms with Crippen molar-refractivity contribution >= 4 is 29.3 Å². The van der Waals surface area contributed by atoms with E-state index in [9.17, 15) is 9.59 Å². The summed E-state index contributed by atoms with van der Waals surface area (Å²) in [5, 5.41) is 3.02. The number of nitrogens with zero attached hydrogens (tertiary/aromatic N) is 2. The number of benzene rings is 2. The molecule has 6 nitrogen and oxygen atoms in total. The van der Waals surface area contributed by atoms with E-state index < -0.39 is 23.9 Å². The van der Waals surface area contributed by atoms with Gasteiger partial charge in [0.1, 0.15) is 17.4 Å². The van der Waals surface area contributed by atoms with Crippen molar-refractivity contribution < 1.29 is 14.3 Å². The number of amides is 1. The first-order valence-electron chi connectivity index (χ1n) is 11.3. The lowest BCUT2D eigenvalue weighted by molar-refractivity contribution is -0.152. The van der Waals surface area contributed by atoms with Crippen LogP contribution in [0.25, 0.3) is 0 Å². The molecule has 1 aromatic heterocycles. The van der Waals surface area contributed by atoms with Crippen LogP contribution in [0.5, 0.6) is 0 Å². The third-order valence-electron chi connectivity index (χ3n) is 5.62. The number of halogens is 1. The van der Waals surface area contributed by atoms with E-state index in [1.54, 1.807) is 67.9 Å². The lowest BCUT2D eigenvalue weighted by Gasteiger charge is -2.28. The minimum Gasteiger partial charge on any atom is -0.457 e. The number of aromatic nitrogens is 1. The number of ether oxygens (including phenoxy) is 1. The second-order valence-electron chi connectivity index (χ2n) is 8.09. The Morgan fingerprint density at radius 3 is 2.26 bits per heavy atom. The van der Waals surface area contributed by atoms with E-state index in [0.717, 1.165) is 11.1 Å². The molecule has 0 aliphatic carbocycles. The minimum absolute atomic E-state index is 0.202. The van der Waals surface area contributed by atoms with Gasteiger partial charge in [-0.2, -0.15) is 0 Å². The molecule has 0 radical (unpaired) electrons. The molecule has 1 aliphatic heterocycles. The fourth-order valence-electron chi connectivity index (χ4n) is 3.78. The summed E-state index contributed by atoms with van der Waals surface area (Å²) in [5.74, 6) is -1.77. The molecule has 0 fully saturated rings. The van der Waals surface area contributed by atoms with Crippen LogP contribution in [0.4, 0.5) is 5.82 Å². The van der Waals surface area contributed by atoms with Crippen molar-refractivity contribution in [3.8, 4) is 0 Å². The van der Waals surface area contributed by atoms with Crippen molar-refractivity contribution in [2.24, 2.45) is 0 Å². The number of pyridine rings is 1. The van der Waals surface area contributed by atoms with E-state index in [0.29, 0.717) is 11.4 Å². The lowest BCUT2D eigenvalue weighted by Crippen LogP contribution is -2.41. The van der Waals surface area contributed by atoms with Crippen molar-refractivity contribution in [2.45, 2.75) is 24.4 Å². The van der Waals surface area contributed by atoms with Gasteiger partial charge < -0.3 is 10.1 Å². The number of hydrogen-bond acceptors (Lipinski definition) is 5. The number of carbonyl (C=O) groups excluding carboxylic acids is 2. The Labute approximate surface area is 209 Å². The van der Waals surface area contributed by atoms with Crippen LogP contribution in [0.1, 0.15) is 30.1 Å². The maximum Gasteiger partial charge on any atom is 0.323 e. The first-order chi connectivity index (χ1) is 17.0. The number of hydrogen-bond donors (Lipinski definition) is 1. The highest BCUT2D eigenvalue weighted by atomic mass is 35.5. The summed E-state index contributed by atoms with van der Waals surface area (Å²) in [6.45, 7) is 2.00. The van der Waals surface area contributed by atoms with Gasteiger partial charge in [0.25, 0.3) is 0 Å². The van der Waals surface area contributed by atoms with Crippen LogP contribution in [0.2, 0.25) is 0 Å². The Bertz CT molecular complexity index is 1200. The molecule has 2 heterocycles. The molecule has 1 amide bonds. The van der Waals surface area contributed by atoms with Crippen LogP contribution in [0.3, 0.4) is 0 Å². The van der Waals surface area contributed by atoms with Gasteiger partial charge in [-0.15, -0.1) is 0 Å². The number of esters is 1. The second kappa shape index (κ2) is 11.5. The number of anilines is 1. The van der Waals surface area contributed by atoms with Crippen LogP contribution in [-0.2, 0) is 14.3 Å². The third kappa shape index (κ3) is 6.16. The molecule has 35 heavy (non-hydrogen) atoms. The number of nitrogens with one attached hydrogen (secondary N) is 1. The predicted octanol–water partition coefficient (Wildman–Crippen LogP) is 5.11. The van der Waals surface area contributed by atoms with Gasteiger partial charge in [-0.05, 0) is 41.8 Å². The van der Waals surface area contributed by atoms with E-state index in [1.807, 2.05) is 42.5 Å². The van der Waals surface area contributed by atoms with E-state index in [4.69, 9.17) is 16.3 Å². The van der Waals surface area contributed by atoms with Crippen molar-refractivity contribution in [3.63, 3.8) is 0 Å². The molecule has 0 spiro atoms. The maximum absolute atomic E-state index is 14.0. The van der Waals surface area contributed by atoms with Gasteiger partial charge in [-0.1, -0.05) is 84.4 Å². The van der Waals surface area contributed by atoms with Crippen LogP contribution >= 0.6 is 11.6 Å². The molecule has 2 aromatic carbocycles. The molecule has 7 heteroatoms. The van der Waals surface area contributed by atoms with E-state index >= 15 is 0 Å². The number of alkyl halides is 1. The zero-order valence-electron chi connectivity index (χ0n) is 19.3. The summed E-state index contributed by atoms with van der Waals surface area (Å²) in [6, 6.07) is 23.7. The minimum atomic E-state index is -1.16. The fourth-order valence-corrected chi connectivity index (χ4v) is 3.92. The van der Waals surface area contributed by atoms with E-state index in [-0.39, 0.29) is 12.0 Å². The third-order valence-corrected chi connectivity index (χ3v) is 5.89. The molecule has 0 bridgehead atoms. The van der Waals surface area contributed by atoms with Gasteiger partial charge in [0, 0.05) is 12.4 Å². The van der Waals surface area contributed by atoms with Crippen LogP contribution in [0.15, 0.2) is 109 Å². The monoisotopic (exact) mass is 487 g/mol. The molecule has 1 aliphatic rings. The Kier molecular flexibility index (Phi) is 7.95. The van der Waals surface area contributed by atoms with Gasteiger partial charge in [0.15, 0.2) is 5.92 Å². The van der Waals surface area contributed by atoms with Gasteiger partial charge >= 0.3 is 5.97 Å². The average molecular weight is 488 g/mol. The highest BCUT2D eigenvalue weighted by molar-refractivity contribution is 6.21. The summed E-state index contributed by atoms with van der Waals surface area (Å²) in [5.41, 5.74) is 1.90. The summed E-state index contributed by atoms with van der Waals surface area (Å²) in [4.78, 5) is 33.4. The Balaban J connectivity index is 1.66. The Hall–Kier alpha value is -3.90. The van der Waals surface area contributed by atoms with Crippen molar-refractivity contribution in [2.75, 3.05) is 11.4 Å². The first kappa shape index (κ1) is 24.2. The summed E-state index contributed by atoms with van der Waals surface area (Å²) < 4.78 is 5.80. The molecule has 0 saturated heterocycles. The molecule has 178 valence electrons. The van der Waals surface area contributed by atoms with Gasteiger partial charge in [-0.3, -0.25) is 14.5 Å². The topological polar surface area (TPSA) is 71.5 Å². The molecular weight excluding hydrogens is 462 g/mol. The second-order valence-corrected chi connectivity index (χ2v) is 8.56. The highest BCUT2D eigenvalue weighted by Crippen LogP contribution is 2.27. The average Bonchev–Trinajstić information content (AvgIpc) is 2.90. The van der Waals surface area contributed by atoms with Crippen LogP contribution < -0.4 is 10.2 Å². The molecular formula is C28H26ClN3O3. The van der Waals surface area contributed by atoms with E-state index in [1.165, 1.54) is 4.90 Å². The summed E-state index contributed by atoms with van der Waals surface area (Å²) >= 11 is 6.07. The molecule has 3 unspecified atom stereocenters. The zero-order valence-corrected chi connectivity index (χ0v) is 20.0. The molecule has 0 saturated carbocycles. The summed E-state index contributed by atoms with van der Waals surface area (Å²) in [6.07, 6.45) is 6.50. The quantitative estimate of drug-likeness (QED) is 0.207. The smallest absolute Gasteiger partial charge is 0.323 e. The summed E-state index contributed by atoms with van der Waals surface area (Å²) in [7, 11) is 0. The number of dihydropyridines is 1. The first-order valence-corrected chi connectivity index (χ1v) is 11.8. The van der Waals surface area contributed by atoms with Crippen molar-refractivity contribution in [1.82, 2.24) is 10.3 Å². The maximum atomic E-state index is 14.0. The molecule has 1 N–H and O–H groups in total. The lowest BCUT2D eigenvalue weighted by atomic mass is 9.97. The molecule has 3 aromatic rings. The standard InChI is InChI=1S/C28H26ClN3O3/c1-20(22-10-4-2-5-11-22)35-28(34)26(23-12-6-3-7-13-23)27(33)32(25-14-8-9-17-30-25)19-21-15-16-24(29)31-18-21/h2-18,20,24,26,31H,19H2,1H3. The van der Waals surface area contributed by atoms with Gasteiger partial charge in [0.2, 0.25) is 5.91 Å². The van der Waals surface area contributed by atoms with Gasteiger partial charge in [0.05, 0.1) is 6.54 Å². The van der Waals surface area contributed by atoms with Crippen LogP contribution in [0, 0.1) is 0 Å². The molecule has 4 rings (SSSR count). The zero-order chi connectivity index (χ0) is 24.6. The van der Waals surface area contributed by atoms with Crippen molar-refractivity contribution in [3.05, 3.63) is 120 Å². The van der Waals surface area contributed by atoms with Gasteiger partial charge in [-0.25, -0.2) is 4.98 Å². The SMILES string of the molecule is CC(OC(=O)C(C(=O)N(CC1=CNC(Cl)C=C1)c1ccccn1)c1ccccc1)c1ccccc1. The number of carbonyl (C=O) groups is 2. The predicted molar refractivity (Wildman–Crippen MR) is 137 cm³/mol.